The number of carbonyl (C=O) groups is 2. The zero-order valence-electron chi connectivity index (χ0n) is 9.05. The number of amides is 1. The molecule has 1 N–H and O–H groups in total. The maximum absolute atomic E-state index is 10.9. The maximum atomic E-state index is 10.9. The summed E-state index contributed by atoms with van der Waals surface area (Å²) in [5, 5.41) is 12.3. The number of nitrogens with one attached hydrogen (secondary N) is 1. The van der Waals surface area contributed by atoms with Crippen LogP contribution in [0.25, 0.3) is 0 Å². The van der Waals surface area contributed by atoms with Crippen LogP contribution >= 0.6 is 0 Å². The molecule has 0 aromatic rings. The fourth-order valence-corrected chi connectivity index (χ4v) is 0.581. The van der Waals surface area contributed by atoms with E-state index in [1.165, 1.54) is 0 Å². The summed E-state index contributed by atoms with van der Waals surface area (Å²) in [6, 6.07) is 0. The molecule has 0 aliphatic rings. The molecule has 0 saturated carbocycles. The van der Waals surface area contributed by atoms with Gasteiger partial charge in [0.05, 0.1) is 0 Å². The van der Waals surface area contributed by atoms with Crippen LogP contribution in [0.3, 0.4) is 0 Å². The van der Waals surface area contributed by atoms with E-state index in [2.05, 4.69) is 5.32 Å². The van der Waals surface area contributed by atoms with Crippen LogP contribution in [0.4, 0.5) is 4.79 Å². The van der Waals surface area contributed by atoms with Gasteiger partial charge in [-0.05, 0) is 20.8 Å². The van der Waals surface area contributed by atoms with Gasteiger partial charge in [-0.1, -0.05) is 0 Å². The summed E-state index contributed by atoms with van der Waals surface area (Å²) in [6.07, 6.45) is -0.826. The molecular formula is C8H14CsNO4. The maximum Gasteiger partial charge on any atom is 1.00 e. The Morgan fingerprint density at radius 2 is 1.86 bits per heavy atom. The fourth-order valence-electron chi connectivity index (χ4n) is 0.581. The van der Waals surface area contributed by atoms with Gasteiger partial charge in [-0.3, -0.25) is 0 Å². The molecule has 6 heteroatoms. The van der Waals surface area contributed by atoms with E-state index in [-0.39, 0.29) is 81.9 Å². The Labute approximate surface area is 142 Å². The van der Waals surface area contributed by atoms with Crippen LogP contribution in [0, 0.1) is 0 Å². The Morgan fingerprint density at radius 1 is 1.36 bits per heavy atom. The minimum absolute atomic E-state index is 0. The summed E-state index contributed by atoms with van der Waals surface area (Å²) < 4.78 is 4.86. The third-order valence-corrected chi connectivity index (χ3v) is 0.997. The average molecular weight is 321 g/mol. The Hall–Kier alpha value is 0.792. The van der Waals surface area contributed by atoms with Gasteiger partial charge in [0, 0.05) is 18.9 Å². The molecule has 76 valence electrons. The third-order valence-electron chi connectivity index (χ3n) is 0.997. The SMILES string of the molecule is CC(C)(C)OC(=O)NCCC(=O)[O-].[Cs+]. The van der Waals surface area contributed by atoms with Gasteiger partial charge in [-0.2, -0.15) is 0 Å². The standard InChI is InChI=1S/C8H15NO4.Cs/c1-8(2,3)13-7(12)9-5-4-6(10)11;/h4-5H2,1-3H3,(H,9,12)(H,10,11);/q;+1/p-1. The van der Waals surface area contributed by atoms with Crippen molar-refractivity contribution in [3.63, 3.8) is 0 Å². The van der Waals surface area contributed by atoms with Crippen LogP contribution in [0.15, 0.2) is 0 Å². The van der Waals surface area contributed by atoms with Crippen molar-refractivity contribution >= 4 is 12.1 Å². The van der Waals surface area contributed by atoms with Gasteiger partial charge in [-0.25, -0.2) is 4.79 Å². The number of ether oxygens (including phenoxy) is 1. The van der Waals surface area contributed by atoms with Crippen LogP contribution in [0.5, 0.6) is 0 Å². The second-order valence-corrected chi connectivity index (χ2v) is 3.55. The summed E-state index contributed by atoms with van der Waals surface area (Å²) in [4.78, 5) is 20.9. The quantitative estimate of drug-likeness (QED) is 0.589. The molecule has 0 aromatic carbocycles. The summed E-state index contributed by atoms with van der Waals surface area (Å²) in [6.45, 7) is 5.21. The summed E-state index contributed by atoms with van der Waals surface area (Å²) in [5.41, 5.74) is -0.564. The molecule has 0 aliphatic carbocycles. The molecule has 0 unspecified atom stereocenters. The summed E-state index contributed by atoms with van der Waals surface area (Å²) in [5.74, 6) is -1.20. The van der Waals surface area contributed by atoms with Crippen molar-refractivity contribution in [1.82, 2.24) is 5.32 Å². The van der Waals surface area contributed by atoms with Crippen molar-refractivity contribution in [2.75, 3.05) is 6.54 Å². The molecule has 0 spiro atoms. The molecule has 0 rings (SSSR count). The largest absolute Gasteiger partial charge is 1.00 e. The molecule has 1 amide bonds. The molecule has 0 aromatic heterocycles. The van der Waals surface area contributed by atoms with E-state index in [0.717, 1.165) is 0 Å². The normalized spacial score (nSPS) is 9.93. The van der Waals surface area contributed by atoms with Gasteiger partial charge in [0.2, 0.25) is 0 Å². The molecule has 0 bridgehead atoms. The van der Waals surface area contributed by atoms with Crippen molar-refractivity contribution in [2.24, 2.45) is 0 Å². The van der Waals surface area contributed by atoms with Gasteiger partial charge >= 0.3 is 75.0 Å². The van der Waals surface area contributed by atoms with Crippen molar-refractivity contribution in [3.05, 3.63) is 0 Å². The number of aliphatic carboxylic acids is 1. The van der Waals surface area contributed by atoms with E-state index in [1.54, 1.807) is 20.8 Å². The van der Waals surface area contributed by atoms with E-state index in [0.29, 0.717) is 0 Å². The molecular weight excluding hydrogens is 307 g/mol. The van der Waals surface area contributed by atoms with Crippen LogP contribution < -0.4 is 79.3 Å². The number of rotatable bonds is 3. The third kappa shape index (κ3) is 12.8. The minimum atomic E-state index is -1.20. The predicted molar refractivity (Wildman–Crippen MR) is 43.9 cm³/mol. The summed E-state index contributed by atoms with van der Waals surface area (Å²) in [7, 11) is 0. The molecule has 0 fully saturated rings. The molecule has 0 saturated heterocycles. The van der Waals surface area contributed by atoms with E-state index in [4.69, 9.17) is 4.74 Å². The molecule has 0 atom stereocenters. The van der Waals surface area contributed by atoms with Crippen LogP contribution in [-0.2, 0) is 9.53 Å². The Morgan fingerprint density at radius 3 is 2.21 bits per heavy atom. The van der Waals surface area contributed by atoms with E-state index in [1.807, 2.05) is 0 Å². The van der Waals surface area contributed by atoms with Gasteiger partial charge in [0.25, 0.3) is 0 Å². The zero-order valence-corrected chi connectivity index (χ0v) is 15.3. The number of alkyl carbamates (subject to hydrolysis) is 1. The Balaban J connectivity index is 0. The first-order valence-corrected chi connectivity index (χ1v) is 3.98. The number of carbonyl (C=O) groups excluding carboxylic acids is 2. The first kappa shape index (κ1) is 17.2. The number of carboxylic acid groups (broad SMARTS) is 1. The predicted octanol–water partition coefficient (Wildman–Crippen LogP) is -3.34. The van der Waals surface area contributed by atoms with E-state index >= 15 is 0 Å². The zero-order chi connectivity index (χ0) is 10.5. The summed E-state index contributed by atoms with van der Waals surface area (Å²) >= 11 is 0. The number of hydrogen-bond acceptors (Lipinski definition) is 4. The van der Waals surface area contributed by atoms with Gasteiger partial charge in [0.15, 0.2) is 0 Å². The molecule has 0 aliphatic heterocycles. The first-order chi connectivity index (χ1) is 5.81. The van der Waals surface area contributed by atoms with Gasteiger partial charge in [-0.15, -0.1) is 0 Å². The van der Waals surface area contributed by atoms with Gasteiger partial charge in [0.1, 0.15) is 5.60 Å². The van der Waals surface area contributed by atoms with Crippen LogP contribution in [-0.4, -0.2) is 24.2 Å². The average Bonchev–Trinajstić information content (AvgIpc) is 1.81. The van der Waals surface area contributed by atoms with Crippen molar-refractivity contribution < 1.29 is 88.3 Å². The topological polar surface area (TPSA) is 78.5 Å². The Kier molecular flexibility index (Phi) is 9.83. The Bertz CT molecular complexity index is 200. The first-order valence-electron chi connectivity index (χ1n) is 3.98. The van der Waals surface area contributed by atoms with Crippen molar-refractivity contribution in [1.29, 1.82) is 0 Å². The monoisotopic (exact) mass is 321 g/mol. The van der Waals surface area contributed by atoms with Crippen molar-refractivity contribution in [3.8, 4) is 0 Å². The number of hydrogen-bond donors (Lipinski definition) is 1. The smallest absolute Gasteiger partial charge is 0.550 e. The van der Waals surface area contributed by atoms with E-state index in [9.17, 15) is 14.7 Å². The second-order valence-electron chi connectivity index (χ2n) is 3.55. The van der Waals surface area contributed by atoms with Crippen LogP contribution in [0.1, 0.15) is 27.2 Å². The van der Waals surface area contributed by atoms with E-state index < -0.39 is 17.7 Å². The number of carboxylic acids is 1. The van der Waals surface area contributed by atoms with Gasteiger partial charge < -0.3 is 20.0 Å². The molecule has 5 nitrogen and oxygen atoms in total. The minimum Gasteiger partial charge on any atom is -0.550 e. The van der Waals surface area contributed by atoms with Crippen molar-refractivity contribution in [2.45, 2.75) is 32.8 Å². The van der Waals surface area contributed by atoms with Crippen LogP contribution in [0.2, 0.25) is 0 Å². The molecule has 0 heterocycles. The molecule has 14 heavy (non-hydrogen) atoms. The molecule has 0 radical (unpaired) electrons. The second kappa shape index (κ2) is 8.00. The fraction of sp³-hybridized carbons (Fsp3) is 0.750.